The highest BCUT2D eigenvalue weighted by molar-refractivity contribution is 5.79. The maximum atomic E-state index is 11.8. The Morgan fingerprint density at radius 1 is 1.53 bits per heavy atom. The summed E-state index contributed by atoms with van der Waals surface area (Å²) in [5, 5.41) is 10.00. The third-order valence-corrected chi connectivity index (χ3v) is 3.26. The van der Waals surface area contributed by atoms with E-state index in [9.17, 15) is 9.90 Å². The third kappa shape index (κ3) is 3.38. The number of anilines is 1. The predicted molar refractivity (Wildman–Crippen MR) is 72.8 cm³/mol. The van der Waals surface area contributed by atoms with Crippen molar-refractivity contribution in [3.63, 3.8) is 0 Å². The van der Waals surface area contributed by atoms with Gasteiger partial charge in [-0.25, -0.2) is 0 Å². The Hall–Kier alpha value is -1.75. The van der Waals surface area contributed by atoms with Gasteiger partial charge in [-0.1, -0.05) is 19.4 Å². The molecule has 1 amide bonds. The lowest BCUT2D eigenvalue weighted by Gasteiger charge is -2.46. The number of nitrogens with two attached hydrogens (primary N) is 1. The van der Waals surface area contributed by atoms with Crippen molar-refractivity contribution in [2.75, 3.05) is 25.4 Å². The molecule has 5 nitrogen and oxygen atoms in total. The van der Waals surface area contributed by atoms with E-state index in [2.05, 4.69) is 0 Å². The lowest BCUT2D eigenvalue weighted by atomic mass is 9.89. The van der Waals surface area contributed by atoms with Crippen LogP contribution < -0.4 is 10.5 Å². The van der Waals surface area contributed by atoms with Crippen LogP contribution in [0.5, 0.6) is 5.75 Å². The molecule has 104 valence electrons. The summed E-state index contributed by atoms with van der Waals surface area (Å²) in [7, 11) is 0. The number of likely N-dealkylation sites (tertiary alicyclic amines) is 1. The van der Waals surface area contributed by atoms with Crippen LogP contribution >= 0.6 is 0 Å². The number of rotatable bonds is 5. The molecular weight excluding hydrogens is 244 g/mol. The molecule has 1 aliphatic heterocycles. The molecule has 1 fully saturated rings. The third-order valence-electron chi connectivity index (χ3n) is 3.26. The number of aliphatic hydroxyl groups is 1. The van der Waals surface area contributed by atoms with Crippen molar-refractivity contribution < 1.29 is 14.6 Å². The number of ether oxygens (including phenoxy) is 1. The molecule has 0 radical (unpaired) electrons. The fourth-order valence-corrected chi connectivity index (χ4v) is 2.30. The molecule has 0 unspecified atom stereocenters. The summed E-state index contributed by atoms with van der Waals surface area (Å²) in [6, 6.07) is 6.97. The molecule has 19 heavy (non-hydrogen) atoms. The van der Waals surface area contributed by atoms with Crippen molar-refractivity contribution in [2.24, 2.45) is 0 Å². The first-order valence-electron chi connectivity index (χ1n) is 6.51. The molecule has 0 saturated carbocycles. The van der Waals surface area contributed by atoms with Crippen molar-refractivity contribution in [3.05, 3.63) is 24.3 Å². The fraction of sp³-hybridized carbons (Fsp3) is 0.500. The first kappa shape index (κ1) is 13.7. The average Bonchev–Trinajstić information content (AvgIpc) is 2.33. The molecule has 0 aromatic heterocycles. The van der Waals surface area contributed by atoms with Crippen LogP contribution in [0.15, 0.2) is 24.3 Å². The van der Waals surface area contributed by atoms with E-state index in [0.717, 1.165) is 12.8 Å². The summed E-state index contributed by atoms with van der Waals surface area (Å²) in [5.41, 5.74) is 5.53. The molecule has 2 rings (SSSR count). The van der Waals surface area contributed by atoms with E-state index in [1.165, 1.54) is 0 Å². The molecule has 1 aromatic carbocycles. The number of hydrogen-bond donors (Lipinski definition) is 2. The van der Waals surface area contributed by atoms with Gasteiger partial charge in [-0.3, -0.25) is 4.79 Å². The smallest absolute Gasteiger partial charge is 0.260 e. The van der Waals surface area contributed by atoms with Crippen LogP contribution in [0.4, 0.5) is 5.69 Å². The SMILES string of the molecule is CCCC1(O)CN(C(=O)COc2cccc(N)c2)C1. The second-order valence-electron chi connectivity index (χ2n) is 5.09. The molecule has 1 heterocycles. The van der Waals surface area contributed by atoms with Gasteiger partial charge in [0.2, 0.25) is 0 Å². The maximum absolute atomic E-state index is 11.8. The Morgan fingerprint density at radius 2 is 2.26 bits per heavy atom. The maximum Gasteiger partial charge on any atom is 0.260 e. The standard InChI is InChI=1S/C14H20N2O3/c1-2-6-14(18)9-16(10-14)13(17)8-19-12-5-3-4-11(15)7-12/h3-5,7,18H,2,6,8-10,15H2,1H3. The van der Waals surface area contributed by atoms with E-state index in [0.29, 0.717) is 24.5 Å². The highest BCUT2D eigenvalue weighted by Gasteiger charge is 2.42. The molecule has 3 N–H and O–H groups in total. The molecule has 0 atom stereocenters. The molecule has 0 spiro atoms. The number of benzene rings is 1. The van der Waals surface area contributed by atoms with Gasteiger partial charge in [-0.15, -0.1) is 0 Å². The van der Waals surface area contributed by atoms with Gasteiger partial charge < -0.3 is 20.5 Å². The quantitative estimate of drug-likeness (QED) is 0.779. The average molecular weight is 264 g/mol. The minimum absolute atomic E-state index is 0.0222. The zero-order valence-electron chi connectivity index (χ0n) is 11.1. The summed E-state index contributed by atoms with van der Waals surface area (Å²) < 4.78 is 5.38. The van der Waals surface area contributed by atoms with Gasteiger partial charge in [-0.05, 0) is 18.6 Å². The molecular formula is C14H20N2O3. The summed E-state index contributed by atoms with van der Waals surface area (Å²) in [4.78, 5) is 13.4. The molecule has 0 aliphatic carbocycles. The summed E-state index contributed by atoms with van der Waals surface area (Å²) in [6.45, 7) is 2.80. The molecule has 1 aliphatic rings. The van der Waals surface area contributed by atoms with E-state index >= 15 is 0 Å². The van der Waals surface area contributed by atoms with Gasteiger partial charge in [0.05, 0.1) is 18.7 Å². The van der Waals surface area contributed by atoms with Crippen LogP contribution in [0, 0.1) is 0 Å². The van der Waals surface area contributed by atoms with Gasteiger partial charge in [0.15, 0.2) is 6.61 Å². The monoisotopic (exact) mass is 264 g/mol. The van der Waals surface area contributed by atoms with Gasteiger partial charge >= 0.3 is 0 Å². The summed E-state index contributed by atoms with van der Waals surface area (Å²) in [6.07, 6.45) is 1.64. The van der Waals surface area contributed by atoms with Gasteiger partial charge in [-0.2, -0.15) is 0 Å². The Balaban J connectivity index is 1.77. The topological polar surface area (TPSA) is 75.8 Å². The second-order valence-corrected chi connectivity index (χ2v) is 5.09. The molecule has 0 bridgehead atoms. The Labute approximate surface area is 113 Å². The van der Waals surface area contributed by atoms with E-state index in [-0.39, 0.29) is 12.5 Å². The van der Waals surface area contributed by atoms with Gasteiger partial charge in [0, 0.05) is 11.8 Å². The number of nitrogens with zero attached hydrogens (tertiary/aromatic N) is 1. The van der Waals surface area contributed by atoms with Crippen molar-refractivity contribution in [1.29, 1.82) is 0 Å². The number of amides is 1. The minimum Gasteiger partial charge on any atom is -0.484 e. The van der Waals surface area contributed by atoms with Crippen molar-refractivity contribution in [1.82, 2.24) is 4.90 Å². The number of nitrogen functional groups attached to an aromatic ring is 1. The number of β-amino-alcohol motifs (C(OH)–C–C–N with tert-alkyl or cyclic N) is 1. The number of carbonyl (C=O) groups is 1. The lowest BCUT2D eigenvalue weighted by Crippen LogP contribution is -2.64. The summed E-state index contributed by atoms with van der Waals surface area (Å²) in [5.74, 6) is 0.473. The molecule has 1 saturated heterocycles. The van der Waals surface area contributed by atoms with E-state index < -0.39 is 5.60 Å². The Kier molecular flexibility index (Phi) is 3.95. The van der Waals surface area contributed by atoms with E-state index in [1.54, 1.807) is 29.2 Å². The first-order chi connectivity index (χ1) is 9.02. The van der Waals surface area contributed by atoms with E-state index in [4.69, 9.17) is 10.5 Å². The summed E-state index contributed by atoms with van der Waals surface area (Å²) >= 11 is 0. The van der Waals surface area contributed by atoms with Crippen LogP contribution in [-0.4, -0.2) is 41.2 Å². The highest BCUT2D eigenvalue weighted by Crippen LogP contribution is 2.25. The van der Waals surface area contributed by atoms with Crippen LogP contribution in [0.25, 0.3) is 0 Å². The largest absolute Gasteiger partial charge is 0.484 e. The normalized spacial score (nSPS) is 16.8. The number of hydrogen-bond acceptors (Lipinski definition) is 4. The van der Waals surface area contributed by atoms with Gasteiger partial charge in [0.1, 0.15) is 5.75 Å². The zero-order chi connectivity index (χ0) is 13.9. The van der Waals surface area contributed by atoms with E-state index in [1.807, 2.05) is 6.92 Å². The predicted octanol–water partition coefficient (Wildman–Crippen LogP) is 1.02. The first-order valence-corrected chi connectivity index (χ1v) is 6.51. The van der Waals surface area contributed by atoms with Crippen LogP contribution in [-0.2, 0) is 4.79 Å². The molecule has 1 aromatic rings. The second kappa shape index (κ2) is 5.48. The Bertz CT molecular complexity index is 456. The lowest BCUT2D eigenvalue weighted by molar-refractivity contribution is -0.158. The minimum atomic E-state index is -0.693. The number of carbonyl (C=O) groups excluding carboxylic acids is 1. The highest BCUT2D eigenvalue weighted by atomic mass is 16.5. The van der Waals surface area contributed by atoms with Crippen LogP contribution in [0.1, 0.15) is 19.8 Å². The molecule has 5 heteroatoms. The van der Waals surface area contributed by atoms with Gasteiger partial charge in [0.25, 0.3) is 5.91 Å². The fourth-order valence-electron chi connectivity index (χ4n) is 2.30. The van der Waals surface area contributed by atoms with Crippen LogP contribution in [0.3, 0.4) is 0 Å². The Morgan fingerprint density at radius 3 is 2.89 bits per heavy atom. The van der Waals surface area contributed by atoms with Crippen LogP contribution in [0.2, 0.25) is 0 Å². The zero-order valence-corrected chi connectivity index (χ0v) is 11.1. The van der Waals surface area contributed by atoms with Crippen molar-refractivity contribution >= 4 is 11.6 Å². The van der Waals surface area contributed by atoms with Crippen molar-refractivity contribution in [3.8, 4) is 5.75 Å². The van der Waals surface area contributed by atoms with Crippen molar-refractivity contribution in [2.45, 2.75) is 25.4 Å².